The number of hydrogen-bond donors (Lipinski definition) is 2. The van der Waals surface area contributed by atoms with E-state index in [0.717, 1.165) is 11.1 Å². The highest BCUT2D eigenvalue weighted by Gasteiger charge is 2.38. The molecule has 27 heavy (non-hydrogen) atoms. The Kier molecular flexibility index (Phi) is 7.13. The van der Waals surface area contributed by atoms with E-state index in [0.29, 0.717) is 25.7 Å². The second kappa shape index (κ2) is 9.54. The molecule has 3 N–H and O–H groups in total. The predicted molar refractivity (Wildman–Crippen MR) is 105 cm³/mol. The molecule has 0 fully saturated rings. The van der Waals surface area contributed by atoms with Crippen molar-refractivity contribution in [2.24, 2.45) is 5.73 Å². The molecule has 5 heteroatoms. The highest BCUT2D eigenvalue weighted by molar-refractivity contribution is 5.95. The second-order valence-electron chi connectivity index (χ2n) is 6.69. The van der Waals surface area contributed by atoms with Crippen molar-refractivity contribution in [2.45, 2.75) is 44.1 Å². The highest BCUT2D eigenvalue weighted by Crippen LogP contribution is 2.32. The topological polar surface area (TPSA) is 96.0 Å². The van der Waals surface area contributed by atoms with E-state index in [-0.39, 0.29) is 5.91 Å². The Bertz CT molecular complexity index is 758. The minimum Gasteiger partial charge on any atom is -0.368 e. The van der Waals surface area contributed by atoms with Gasteiger partial charge in [-0.15, -0.1) is 0 Å². The van der Waals surface area contributed by atoms with Gasteiger partial charge in [0.1, 0.15) is 6.04 Å². The number of unbranched alkanes of at least 4 members (excludes halogenated alkanes) is 2. The van der Waals surface area contributed by atoms with Crippen LogP contribution in [0.3, 0.4) is 0 Å². The largest absolute Gasteiger partial charge is 0.368 e. The van der Waals surface area contributed by atoms with E-state index in [1.807, 2.05) is 67.6 Å². The first-order chi connectivity index (χ1) is 13.0. The Balaban J connectivity index is 2.29. The van der Waals surface area contributed by atoms with E-state index in [1.54, 1.807) is 0 Å². The quantitative estimate of drug-likeness (QED) is 0.670. The first kappa shape index (κ1) is 20.2. The summed E-state index contributed by atoms with van der Waals surface area (Å²) in [5.41, 5.74) is 6.22. The Labute approximate surface area is 160 Å². The molecule has 2 aromatic rings. The first-order valence-corrected chi connectivity index (χ1v) is 9.08. The lowest BCUT2D eigenvalue weighted by Gasteiger charge is -2.31. The SMILES string of the molecule is CC(C(=O)N[C@H](CCCCC#N)C(N)=O)(c1ccccc1)c1ccccc1. The van der Waals surface area contributed by atoms with Crippen LogP contribution in [0.5, 0.6) is 0 Å². The minimum atomic E-state index is -0.955. The van der Waals surface area contributed by atoms with Gasteiger partial charge in [-0.1, -0.05) is 60.7 Å². The van der Waals surface area contributed by atoms with Crippen LogP contribution >= 0.6 is 0 Å². The summed E-state index contributed by atoms with van der Waals surface area (Å²) >= 11 is 0. The van der Waals surface area contributed by atoms with Crippen LogP contribution in [0.15, 0.2) is 60.7 Å². The third kappa shape index (κ3) is 4.95. The van der Waals surface area contributed by atoms with Gasteiger partial charge in [0.2, 0.25) is 11.8 Å². The van der Waals surface area contributed by atoms with Crippen LogP contribution in [-0.4, -0.2) is 17.9 Å². The molecule has 0 heterocycles. The summed E-state index contributed by atoms with van der Waals surface area (Å²) in [5, 5.41) is 11.5. The lowest BCUT2D eigenvalue weighted by molar-refractivity contribution is -0.130. The zero-order valence-corrected chi connectivity index (χ0v) is 15.5. The number of amides is 2. The fraction of sp³-hybridized carbons (Fsp3) is 0.318. The van der Waals surface area contributed by atoms with E-state index in [4.69, 9.17) is 11.0 Å². The lowest BCUT2D eigenvalue weighted by Crippen LogP contribution is -2.51. The zero-order chi connectivity index (χ0) is 19.7. The van der Waals surface area contributed by atoms with Crippen molar-refractivity contribution >= 4 is 11.8 Å². The molecule has 0 aliphatic rings. The summed E-state index contributed by atoms with van der Waals surface area (Å²) in [6, 6.07) is 20.3. The standard InChI is InChI=1S/C22H25N3O2/c1-22(17-11-5-2-6-12-17,18-13-7-3-8-14-18)21(27)25-19(20(24)26)15-9-4-10-16-23/h2-3,5-8,11-14,19H,4,9-10,15H2,1H3,(H2,24,26)(H,25,27)/t19-/m1/s1. The van der Waals surface area contributed by atoms with Crippen LogP contribution in [0.1, 0.15) is 43.7 Å². The molecule has 0 spiro atoms. The van der Waals surface area contributed by atoms with Gasteiger partial charge < -0.3 is 11.1 Å². The Hall–Kier alpha value is -3.13. The molecule has 0 aromatic heterocycles. The average molecular weight is 363 g/mol. The van der Waals surface area contributed by atoms with Crippen LogP contribution in [0, 0.1) is 11.3 Å². The minimum absolute atomic E-state index is 0.274. The third-order valence-electron chi connectivity index (χ3n) is 4.84. The van der Waals surface area contributed by atoms with Crippen LogP contribution in [-0.2, 0) is 15.0 Å². The van der Waals surface area contributed by atoms with Crippen molar-refractivity contribution in [3.05, 3.63) is 71.8 Å². The van der Waals surface area contributed by atoms with Gasteiger partial charge in [-0.05, 0) is 37.3 Å². The maximum Gasteiger partial charge on any atom is 0.240 e. The van der Waals surface area contributed by atoms with Gasteiger partial charge in [-0.25, -0.2) is 0 Å². The van der Waals surface area contributed by atoms with Crippen LogP contribution < -0.4 is 11.1 Å². The molecule has 2 amide bonds. The monoisotopic (exact) mass is 363 g/mol. The first-order valence-electron chi connectivity index (χ1n) is 9.08. The van der Waals surface area contributed by atoms with E-state index in [9.17, 15) is 9.59 Å². The van der Waals surface area contributed by atoms with Crippen LogP contribution in [0.25, 0.3) is 0 Å². The fourth-order valence-corrected chi connectivity index (χ4v) is 3.11. The molecule has 0 radical (unpaired) electrons. The maximum absolute atomic E-state index is 13.3. The van der Waals surface area contributed by atoms with E-state index < -0.39 is 17.4 Å². The molecule has 0 aliphatic carbocycles. The van der Waals surface area contributed by atoms with Crippen molar-refractivity contribution in [3.8, 4) is 6.07 Å². The average Bonchev–Trinajstić information content (AvgIpc) is 2.70. The van der Waals surface area contributed by atoms with Crippen molar-refractivity contribution in [1.29, 1.82) is 5.26 Å². The Morgan fingerprint density at radius 3 is 2.00 bits per heavy atom. The summed E-state index contributed by atoms with van der Waals surface area (Å²) in [6.45, 7) is 1.85. The Morgan fingerprint density at radius 2 is 1.56 bits per heavy atom. The number of nitrogens with zero attached hydrogens (tertiary/aromatic N) is 1. The molecule has 0 saturated carbocycles. The normalized spacial score (nSPS) is 12.0. The number of carbonyl (C=O) groups is 2. The van der Waals surface area contributed by atoms with Gasteiger partial charge in [0.25, 0.3) is 0 Å². The highest BCUT2D eigenvalue weighted by atomic mass is 16.2. The molecule has 1 atom stereocenters. The van der Waals surface area contributed by atoms with Crippen molar-refractivity contribution in [3.63, 3.8) is 0 Å². The molecule has 2 rings (SSSR count). The van der Waals surface area contributed by atoms with Crippen molar-refractivity contribution < 1.29 is 9.59 Å². The predicted octanol–water partition coefficient (Wildman–Crippen LogP) is 3.05. The second-order valence-corrected chi connectivity index (χ2v) is 6.69. The molecular weight excluding hydrogens is 338 g/mol. The molecule has 0 bridgehead atoms. The number of nitriles is 1. The van der Waals surface area contributed by atoms with E-state index in [1.165, 1.54) is 0 Å². The fourth-order valence-electron chi connectivity index (χ4n) is 3.11. The molecule has 0 saturated heterocycles. The van der Waals surface area contributed by atoms with E-state index >= 15 is 0 Å². The zero-order valence-electron chi connectivity index (χ0n) is 15.5. The maximum atomic E-state index is 13.3. The summed E-state index contributed by atoms with van der Waals surface area (Å²) in [5.74, 6) is -0.840. The van der Waals surface area contributed by atoms with Crippen LogP contribution in [0.2, 0.25) is 0 Å². The van der Waals surface area contributed by atoms with Crippen molar-refractivity contribution in [2.75, 3.05) is 0 Å². The Morgan fingerprint density at radius 1 is 1.04 bits per heavy atom. The lowest BCUT2D eigenvalue weighted by atomic mass is 9.75. The summed E-state index contributed by atoms with van der Waals surface area (Å²) in [7, 11) is 0. The molecule has 140 valence electrons. The van der Waals surface area contributed by atoms with Gasteiger partial charge in [-0.3, -0.25) is 9.59 Å². The van der Waals surface area contributed by atoms with E-state index in [2.05, 4.69) is 11.4 Å². The number of nitrogens with one attached hydrogen (secondary N) is 1. The number of carbonyl (C=O) groups excluding carboxylic acids is 2. The number of rotatable bonds is 9. The molecule has 2 aromatic carbocycles. The number of hydrogen-bond acceptors (Lipinski definition) is 3. The van der Waals surface area contributed by atoms with Crippen LogP contribution in [0.4, 0.5) is 0 Å². The third-order valence-corrected chi connectivity index (χ3v) is 4.84. The van der Waals surface area contributed by atoms with Gasteiger partial charge in [0.05, 0.1) is 11.5 Å². The number of primary amides is 1. The van der Waals surface area contributed by atoms with Gasteiger partial charge in [0, 0.05) is 6.42 Å². The molecular formula is C22H25N3O2. The number of nitrogens with two attached hydrogens (primary N) is 1. The molecule has 0 aliphatic heterocycles. The molecule has 5 nitrogen and oxygen atoms in total. The summed E-state index contributed by atoms with van der Waals surface area (Å²) < 4.78 is 0. The van der Waals surface area contributed by atoms with Gasteiger partial charge >= 0.3 is 0 Å². The molecule has 0 unspecified atom stereocenters. The van der Waals surface area contributed by atoms with Crippen molar-refractivity contribution in [1.82, 2.24) is 5.32 Å². The summed E-state index contributed by atoms with van der Waals surface area (Å²) in [4.78, 5) is 25.1. The summed E-state index contributed by atoms with van der Waals surface area (Å²) in [6.07, 6.45) is 2.16. The number of benzene rings is 2. The van der Waals surface area contributed by atoms with Gasteiger partial charge in [0.15, 0.2) is 0 Å². The van der Waals surface area contributed by atoms with Gasteiger partial charge in [-0.2, -0.15) is 5.26 Å². The smallest absolute Gasteiger partial charge is 0.240 e.